The molecule has 1 saturated carbocycles. The number of carbonyl (C=O) groups excluding carboxylic acids is 1. The van der Waals surface area contributed by atoms with Gasteiger partial charge in [0.1, 0.15) is 0 Å². The van der Waals surface area contributed by atoms with E-state index in [-0.39, 0.29) is 18.1 Å². The molecule has 1 aromatic carbocycles. The van der Waals surface area contributed by atoms with E-state index in [0.29, 0.717) is 12.2 Å². The van der Waals surface area contributed by atoms with E-state index in [2.05, 4.69) is 5.32 Å². The molecule has 3 N–H and O–H groups in total. The fourth-order valence-corrected chi connectivity index (χ4v) is 3.08. The van der Waals surface area contributed by atoms with E-state index in [1.54, 1.807) is 7.11 Å². The van der Waals surface area contributed by atoms with Crippen LogP contribution >= 0.6 is 0 Å². The minimum absolute atomic E-state index is 0.116. The van der Waals surface area contributed by atoms with Gasteiger partial charge in [-0.25, -0.2) is 0 Å². The number of methoxy groups -OCH3 is 1. The average Bonchev–Trinajstić information content (AvgIpc) is 3.08. The van der Waals surface area contributed by atoms with Crippen molar-refractivity contribution in [3.05, 3.63) is 23.8 Å². The Morgan fingerprint density at radius 1 is 1.33 bits per heavy atom. The Kier molecular flexibility index (Phi) is 6.91. The third kappa shape index (κ3) is 4.87. The molecule has 134 valence electrons. The number of benzene rings is 1. The van der Waals surface area contributed by atoms with Gasteiger partial charge in [0.15, 0.2) is 11.5 Å². The van der Waals surface area contributed by atoms with Gasteiger partial charge in [-0.15, -0.1) is 0 Å². The van der Waals surface area contributed by atoms with Crippen LogP contribution in [0.2, 0.25) is 0 Å². The van der Waals surface area contributed by atoms with Crippen molar-refractivity contribution >= 4 is 5.91 Å². The normalized spacial score (nSPS) is 17.3. The molecule has 5 nitrogen and oxygen atoms in total. The highest BCUT2D eigenvalue weighted by atomic mass is 16.5. The van der Waals surface area contributed by atoms with Crippen molar-refractivity contribution < 1.29 is 14.3 Å². The molecule has 24 heavy (non-hydrogen) atoms. The predicted octanol–water partition coefficient (Wildman–Crippen LogP) is 3.32. The molecule has 0 saturated heterocycles. The topological polar surface area (TPSA) is 73.6 Å². The van der Waals surface area contributed by atoms with Gasteiger partial charge in [0.05, 0.1) is 25.3 Å². The van der Waals surface area contributed by atoms with Gasteiger partial charge in [-0.3, -0.25) is 4.79 Å². The van der Waals surface area contributed by atoms with Gasteiger partial charge in [0.25, 0.3) is 0 Å². The molecule has 0 bridgehead atoms. The lowest BCUT2D eigenvalue weighted by Crippen LogP contribution is -2.41. The molecule has 2 rings (SSSR count). The number of nitrogens with two attached hydrogens (primary N) is 1. The largest absolute Gasteiger partial charge is 0.493 e. The molecule has 1 aliphatic rings. The third-order valence-corrected chi connectivity index (χ3v) is 4.58. The molecule has 0 spiro atoms. The molecule has 1 aliphatic carbocycles. The third-order valence-electron chi connectivity index (χ3n) is 4.58. The van der Waals surface area contributed by atoms with Gasteiger partial charge in [0, 0.05) is 0 Å². The minimum Gasteiger partial charge on any atom is -0.493 e. The van der Waals surface area contributed by atoms with Crippen LogP contribution in [-0.2, 0) is 4.79 Å². The first-order valence-corrected chi connectivity index (χ1v) is 8.95. The lowest BCUT2D eigenvalue weighted by atomic mass is 10.1. The van der Waals surface area contributed by atoms with Gasteiger partial charge in [0.2, 0.25) is 5.91 Å². The van der Waals surface area contributed by atoms with Crippen molar-refractivity contribution in [2.75, 3.05) is 7.11 Å². The molecule has 2 atom stereocenters. The number of hydrogen-bond donors (Lipinski definition) is 2. The Hall–Kier alpha value is -1.75. The lowest BCUT2D eigenvalue weighted by Gasteiger charge is -2.20. The van der Waals surface area contributed by atoms with Crippen LogP contribution in [0.15, 0.2) is 18.2 Å². The summed E-state index contributed by atoms with van der Waals surface area (Å²) >= 11 is 0. The Balaban J connectivity index is 2.03. The van der Waals surface area contributed by atoms with Crippen LogP contribution in [0, 0.1) is 0 Å². The smallest absolute Gasteiger partial charge is 0.237 e. The number of nitrogens with one attached hydrogen (secondary N) is 1. The Bertz CT molecular complexity index is 541. The van der Waals surface area contributed by atoms with Gasteiger partial charge >= 0.3 is 0 Å². The van der Waals surface area contributed by atoms with Crippen molar-refractivity contribution in [1.82, 2.24) is 5.32 Å². The summed E-state index contributed by atoms with van der Waals surface area (Å²) in [6.07, 6.45) is 6.53. The summed E-state index contributed by atoms with van der Waals surface area (Å²) in [6.45, 7) is 3.97. The van der Waals surface area contributed by atoms with E-state index < -0.39 is 6.04 Å². The van der Waals surface area contributed by atoms with E-state index >= 15 is 0 Å². The first kappa shape index (κ1) is 18.6. The maximum atomic E-state index is 12.1. The van der Waals surface area contributed by atoms with E-state index in [4.69, 9.17) is 15.2 Å². The second-order valence-corrected chi connectivity index (χ2v) is 6.56. The van der Waals surface area contributed by atoms with Crippen LogP contribution in [0.1, 0.15) is 64.0 Å². The van der Waals surface area contributed by atoms with Crippen molar-refractivity contribution in [2.45, 2.75) is 70.6 Å². The van der Waals surface area contributed by atoms with Crippen LogP contribution in [0.3, 0.4) is 0 Å². The second-order valence-electron chi connectivity index (χ2n) is 6.56. The highest BCUT2D eigenvalue weighted by Gasteiger charge is 2.20. The first-order chi connectivity index (χ1) is 11.5. The van der Waals surface area contributed by atoms with Gasteiger partial charge in [-0.1, -0.05) is 19.4 Å². The van der Waals surface area contributed by atoms with E-state index in [9.17, 15) is 4.79 Å². The number of hydrogen-bond acceptors (Lipinski definition) is 4. The fraction of sp³-hybridized carbons (Fsp3) is 0.632. The highest BCUT2D eigenvalue weighted by molar-refractivity contribution is 5.81. The molecule has 0 radical (unpaired) electrons. The molecule has 1 aromatic rings. The van der Waals surface area contributed by atoms with E-state index in [1.165, 1.54) is 12.8 Å². The number of rotatable bonds is 8. The minimum atomic E-state index is -0.454. The zero-order valence-corrected chi connectivity index (χ0v) is 15.0. The molecule has 1 amide bonds. The standard InChI is InChI=1S/C19H30N2O3/c1-4-7-16(20)19(22)21-13(2)14-10-11-17(18(12-14)23-3)24-15-8-5-6-9-15/h10-13,15-16H,4-9,20H2,1-3H3,(H,21,22). The van der Waals surface area contributed by atoms with Crippen molar-refractivity contribution in [1.29, 1.82) is 0 Å². The zero-order valence-electron chi connectivity index (χ0n) is 15.0. The van der Waals surface area contributed by atoms with Crippen LogP contribution in [0.25, 0.3) is 0 Å². The average molecular weight is 334 g/mol. The summed E-state index contributed by atoms with van der Waals surface area (Å²) in [5, 5.41) is 2.96. The molecule has 2 unspecified atom stereocenters. The van der Waals surface area contributed by atoms with Crippen LogP contribution in [-0.4, -0.2) is 25.2 Å². The van der Waals surface area contributed by atoms with Gasteiger partial charge < -0.3 is 20.5 Å². The molecular weight excluding hydrogens is 304 g/mol. The maximum Gasteiger partial charge on any atom is 0.237 e. The summed E-state index contributed by atoms with van der Waals surface area (Å²) in [5.74, 6) is 1.36. The summed E-state index contributed by atoms with van der Waals surface area (Å²) < 4.78 is 11.5. The number of amides is 1. The fourth-order valence-electron chi connectivity index (χ4n) is 3.08. The second kappa shape index (κ2) is 8.92. The van der Waals surface area contributed by atoms with Crippen molar-refractivity contribution in [3.63, 3.8) is 0 Å². The van der Waals surface area contributed by atoms with Crippen LogP contribution < -0.4 is 20.5 Å². The van der Waals surface area contributed by atoms with Crippen molar-refractivity contribution in [2.24, 2.45) is 5.73 Å². The number of ether oxygens (including phenoxy) is 2. The van der Waals surface area contributed by atoms with Gasteiger partial charge in [-0.2, -0.15) is 0 Å². The van der Waals surface area contributed by atoms with Crippen LogP contribution in [0.5, 0.6) is 11.5 Å². The SMILES string of the molecule is CCCC(N)C(=O)NC(C)c1ccc(OC2CCCC2)c(OC)c1. The van der Waals surface area contributed by atoms with E-state index in [0.717, 1.165) is 30.6 Å². The highest BCUT2D eigenvalue weighted by Crippen LogP contribution is 2.33. The van der Waals surface area contributed by atoms with Gasteiger partial charge in [-0.05, 0) is 56.7 Å². The molecule has 0 aromatic heterocycles. The molecule has 0 aliphatic heterocycles. The monoisotopic (exact) mass is 334 g/mol. The Morgan fingerprint density at radius 3 is 2.67 bits per heavy atom. The summed E-state index contributed by atoms with van der Waals surface area (Å²) in [6, 6.07) is 5.25. The van der Waals surface area contributed by atoms with Crippen LogP contribution in [0.4, 0.5) is 0 Å². The number of carbonyl (C=O) groups is 1. The quantitative estimate of drug-likeness (QED) is 0.765. The lowest BCUT2D eigenvalue weighted by molar-refractivity contribution is -0.123. The molecule has 1 fully saturated rings. The molecule has 5 heteroatoms. The Morgan fingerprint density at radius 2 is 2.04 bits per heavy atom. The first-order valence-electron chi connectivity index (χ1n) is 8.95. The maximum absolute atomic E-state index is 12.1. The predicted molar refractivity (Wildman–Crippen MR) is 95.3 cm³/mol. The molecular formula is C19H30N2O3. The Labute approximate surface area is 144 Å². The van der Waals surface area contributed by atoms with Crippen molar-refractivity contribution in [3.8, 4) is 11.5 Å². The summed E-state index contributed by atoms with van der Waals surface area (Å²) in [7, 11) is 1.64. The molecule has 0 heterocycles. The summed E-state index contributed by atoms with van der Waals surface area (Å²) in [4.78, 5) is 12.1. The van der Waals surface area contributed by atoms with E-state index in [1.807, 2.05) is 32.0 Å². The zero-order chi connectivity index (χ0) is 17.5. The summed E-state index contributed by atoms with van der Waals surface area (Å²) in [5.41, 5.74) is 6.84.